The molecule has 1 aromatic heterocycles. The molecule has 0 unspecified atom stereocenters. The maximum Gasteiger partial charge on any atom is 0.407 e. The standard InChI is InChI=1S/C12H8Cl2F3N3/c13-9-6(8-5-19-3-4-20-8)1-2-7(10(9)14)11(18)12(15,16)17/h1-5,11H,18H2/t11-/m1/s1. The van der Waals surface area contributed by atoms with E-state index in [1.54, 1.807) is 0 Å². The van der Waals surface area contributed by atoms with E-state index in [1.807, 2.05) is 0 Å². The van der Waals surface area contributed by atoms with Crippen molar-refractivity contribution in [2.75, 3.05) is 0 Å². The van der Waals surface area contributed by atoms with Crippen LogP contribution in [0.15, 0.2) is 30.7 Å². The predicted octanol–water partition coefficient (Wildman–Crippen LogP) is 4.01. The van der Waals surface area contributed by atoms with Crippen LogP contribution in [0.2, 0.25) is 10.0 Å². The van der Waals surface area contributed by atoms with Gasteiger partial charge in [-0.05, 0) is 5.56 Å². The average molecular weight is 322 g/mol. The van der Waals surface area contributed by atoms with Crippen molar-refractivity contribution in [3.63, 3.8) is 0 Å². The maximum atomic E-state index is 12.6. The summed E-state index contributed by atoms with van der Waals surface area (Å²) in [6.07, 6.45) is -0.260. The van der Waals surface area contributed by atoms with E-state index in [2.05, 4.69) is 9.97 Å². The minimum absolute atomic E-state index is 0.0376. The molecule has 0 fully saturated rings. The van der Waals surface area contributed by atoms with Crippen molar-refractivity contribution < 1.29 is 13.2 Å². The molecule has 3 nitrogen and oxygen atoms in total. The summed E-state index contributed by atoms with van der Waals surface area (Å²) >= 11 is 11.9. The van der Waals surface area contributed by atoms with Gasteiger partial charge in [-0.15, -0.1) is 0 Å². The number of nitrogens with zero attached hydrogens (tertiary/aromatic N) is 2. The highest BCUT2D eigenvalue weighted by Gasteiger charge is 2.39. The number of hydrogen-bond acceptors (Lipinski definition) is 3. The molecule has 1 heterocycles. The van der Waals surface area contributed by atoms with E-state index in [-0.39, 0.29) is 15.6 Å². The summed E-state index contributed by atoms with van der Waals surface area (Å²) in [5.41, 5.74) is 5.65. The maximum absolute atomic E-state index is 12.6. The fourth-order valence-electron chi connectivity index (χ4n) is 1.62. The molecule has 8 heteroatoms. The lowest BCUT2D eigenvalue weighted by Crippen LogP contribution is -2.28. The van der Waals surface area contributed by atoms with E-state index in [0.29, 0.717) is 11.3 Å². The highest BCUT2D eigenvalue weighted by Crippen LogP contribution is 2.40. The van der Waals surface area contributed by atoms with Crippen LogP contribution in [0.1, 0.15) is 11.6 Å². The van der Waals surface area contributed by atoms with Gasteiger partial charge < -0.3 is 5.73 Å². The van der Waals surface area contributed by atoms with E-state index in [0.717, 1.165) is 0 Å². The number of alkyl halides is 3. The van der Waals surface area contributed by atoms with Gasteiger partial charge in [0, 0.05) is 18.0 Å². The van der Waals surface area contributed by atoms with Crippen LogP contribution in [-0.4, -0.2) is 16.1 Å². The zero-order valence-electron chi connectivity index (χ0n) is 9.83. The molecule has 0 saturated heterocycles. The number of benzene rings is 1. The molecule has 2 N–H and O–H groups in total. The lowest BCUT2D eigenvalue weighted by molar-refractivity contribution is -0.149. The molecule has 20 heavy (non-hydrogen) atoms. The van der Waals surface area contributed by atoms with E-state index < -0.39 is 12.2 Å². The smallest absolute Gasteiger partial charge is 0.316 e. The summed E-state index contributed by atoms with van der Waals surface area (Å²) in [6, 6.07) is 0.388. The van der Waals surface area contributed by atoms with Crippen molar-refractivity contribution in [1.29, 1.82) is 0 Å². The summed E-state index contributed by atoms with van der Waals surface area (Å²) in [7, 11) is 0. The first-order chi connectivity index (χ1) is 9.32. The second kappa shape index (κ2) is 5.55. The van der Waals surface area contributed by atoms with Gasteiger partial charge in [-0.1, -0.05) is 35.3 Å². The largest absolute Gasteiger partial charge is 0.407 e. The van der Waals surface area contributed by atoms with Crippen molar-refractivity contribution in [3.8, 4) is 11.3 Å². The Morgan fingerprint density at radius 1 is 1.10 bits per heavy atom. The number of halogens is 5. The van der Waals surface area contributed by atoms with Gasteiger partial charge in [-0.3, -0.25) is 9.97 Å². The van der Waals surface area contributed by atoms with Gasteiger partial charge in [0.15, 0.2) is 0 Å². The van der Waals surface area contributed by atoms with Crippen molar-refractivity contribution >= 4 is 23.2 Å². The molecule has 0 amide bonds. The minimum Gasteiger partial charge on any atom is -0.316 e. The van der Waals surface area contributed by atoms with Gasteiger partial charge in [0.1, 0.15) is 6.04 Å². The SMILES string of the molecule is N[C@H](c1ccc(-c2cnccn2)c(Cl)c1Cl)C(F)(F)F. The quantitative estimate of drug-likeness (QED) is 0.909. The first-order valence-electron chi connectivity index (χ1n) is 5.39. The minimum atomic E-state index is -4.60. The molecule has 0 spiro atoms. The van der Waals surface area contributed by atoms with Gasteiger partial charge >= 0.3 is 6.18 Å². The Kier molecular flexibility index (Phi) is 4.17. The summed E-state index contributed by atoms with van der Waals surface area (Å²) < 4.78 is 37.9. The van der Waals surface area contributed by atoms with Crippen LogP contribution in [0.5, 0.6) is 0 Å². The van der Waals surface area contributed by atoms with E-state index in [4.69, 9.17) is 28.9 Å². The molecule has 2 rings (SSSR count). The van der Waals surface area contributed by atoms with Crippen molar-refractivity contribution in [1.82, 2.24) is 9.97 Å². The van der Waals surface area contributed by atoms with Crippen LogP contribution in [0.3, 0.4) is 0 Å². The number of hydrogen-bond donors (Lipinski definition) is 1. The summed E-state index contributed by atoms with van der Waals surface area (Å²) in [4.78, 5) is 7.87. The fraction of sp³-hybridized carbons (Fsp3) is 0.167. The van der Waals surface area contributed by atoms with Crippen molar-refractivity contribution in [2.45, 2.75) is 12.2 Å². The van der Waals surface area contributed by atoms with Gasteiger partial charge in [0.2, 0.25) is 0 Å². The summed E-state index contributed by atoms with van der Waals surface area (Å²) in [6.45, 7) is 0. The van der Waals surface area contributed by atoms with E-state index >= 15 is 0 Å². The van der Waals surface area contributed by atoms with E-state index in [1.165, 1.54) is 30.7 Å². The van der Waals surface area contributed by atoms with Crippen LogP contribution < -0.4 is 5.73 Å². The molecule has 0 aliphatic heterocycles. The van der Waals surface area contributed by atoms with Gasteiger partial charge in [-0.25, -0.2) is 0 Å². The predicted molar refractivity (Wildman–Crippen MR) is 70.5 cm³/mol. The Hall–Kier alpha value is -1.37. The summed E-state index contributed by atoms with van der Waals surface area (Å²) in [5.74, 6) is 0. The van der Waals surface area contributed by atoms with Crippen LogP contribution >= 0.6 is 23.2 Å². The normalized spacial score (nSPS) is 13.3. The molecule has 2 aromatic rings. The average Bonchev–Trinajstić information content (AvgIpc) is 2.41. The molecule has 0 radical (unpaired) electrons. The van der Waals surface area contributed by atoms with Crippen LogP contribution in [-0.2, 0) is 0 Å². The van der Waals surface area contributed by atoms with Gasteiger partial charge in [-0.2, -0.15) is 13.2 Å². The second-order valence-corrected chi connectivity index (χ2v) is 4.70. The van der Waals surface area contributed by atoms with Crippen LogP contribution in [0.25, 0.3) is 11.3 Å². The Morgan fingerprint density at radius 3 is 2.35 bits per heavy atom. The fourth-order valence-corrected chi connectivity index (χ4v) is 2.17. The first kappa shape index (κ1) is 15.0. The number of rotatable bonds is 2. The van der Waals surface area contributed by atoms with Crippen molar-refractivity contribution in [3.05, 3.63) is 46.3 Å². The molecule has 0 aliphatic rings. The Morgan fingerprint density at radius 2 is 1.80 bits per heavy atom. The molecule has 1 atom stereocenters. The van der Waals surface area contributed by atoms with Crippen LogP contribution in [0, 0.1) is 0 Å². The second-order valence-electron chi connectivity index (χ2n) is 3.94. The number of aromatic nitrogens is 2. The Balaban J connectivity index is 2.51. The first-order valence-corrected chi connectivity index (χ1v) is 6.14. The molecule has 106 valence electrons. The Bertz CT molecular complexity index is 617. The lowest BCUT2D eigenvalue weighted by Gasteiger charge is -2.18. The number of nitrogens with two attached hydrogens (primary N) is 1. The summed E-state index contributed by atoms with van der Waals surface area (Å²) in [5, 5.41) is -0.274. The molecular weight excluding hydrogens is 314 g/mol. The lowest BCUT2D eigenvalue weighted by atomic mass is 10.0. The third kappa shape index (κ3) is 2.87. The monoisotopic (exact) mass is 321 g/mol. The van der Waals surface area contributed by atoms with Crippen LogP contribution in [0.4, 0.5) is 13.2 Å². The Labute approximate surface area is 122 Å². The van der Waals surface area contributed by atoms with E-state index in [9.17, 15) is 13.2 Å². The molecule has 0 bridgehead atoms. The van der Waals surface area contributed by atoms with Gasteiger partial charge in [0.25, 0.3) is 0 Å². The zero-order chi connectivity index (χ0) is 14.9. The molecular formula is C12H8Cl2F3N3. The third-order valence-electron chi connectivity index (χ3n) is 2.64. The molecule has 0 aliphatic carbocycles. The molecule has 0 saturated carbocycles. The highest BCUT2D eigenvalue weighted by atomic mass is 35.5. The van der Waals surface area contributed by atoms with Gasteiger partial charge in [0.05, 0.1) is 21.9 Å². The van der Waals surface area contributed by atoms with Crippen molar-refractivity contribution in [2.24, 2.45) is 5.73 Å². The topological polar surface area (TPSA) is 51.8 Å². The molecule has 1 aromatic carbocycles. The third-order valence-corrected chi connectivity index (χ3v) is 3.54. The highest BCUT2D eigenvalue weighted by molar-refractivity contribution is 6.44. The zero-order valence-corrected chi connectivity index (χ0v) is 11.3.